The van der Waals surface area contributed by atoms with Crippen LogP contribution in [-0.4, -0.2) is 34.9 Å². The summed E-state index contributed by atoms with van der Waals surface area (Å²) in [7, 11) is -3.97. The molecule has 0 fully saturated rings. The highest BCUT2D eigenvalue weighted by molar-refractivity contribution is 7.00. The molecule has 2 aromatic heterocycles. The Morgan fingerprint density at radius 2 is 0.829 bits per heavy atom. The van der Waals surface area contributed by atoms with Gasteiger partial charge in [0.25, 0.3) is 0 Å². The lowest BCUT2D eigenvalue weighted by Crippen LogP contribution is -2.43. The number of aromatic nitrogens is 4. The Bertz CT molecular complexity index is 1530. The van der Waals surface area contributed by atoms with Crippen molar-refractivity contribution in [1.82, 2.24) is 18.7 Å². The van der Waals surface area contributed by atoms with E-state index in [-0.39, 0.29) is 0 Å². The van der Waals surface area contributed by atoms with Crippen LogP contribution < -0.4 is 0 Å². The number of rotatable bonds is 6. The fourth-order valence-electron chi connectivity index (χ4n) is 7.53. The molecule has 216 valence electrons. The molecule has 4 aromatic rings. The van der Waals surface area contributed by atoms with Gasteiger partial charge in [-0.05, 0) is 45.4 Å². The normalized spacial score (nSPS) is 12.8. The second-order valence-electron chi connectivity index (χ2n) is 13.4. The first-order valence-corrected chi connectivity index (χ1v) is 20.4. The van der Waals surface area contributed by atoms with Crippen molar-refractivity contribution in [3.63, 3.8) is 0 Å². The van der Waals surface area contributed by atoms with E-state index in [9.17, 15) is 0 Å². The Morgan fingerprint density at radius 1 is 0.512 bits per heavy atom. The summed E-state index contributed by atoms with van der Waals surface area (Å²) in [5.74, 6) is 7.39. The minimum absolute atomic E-state index is 0.531. The maximum Gasteiger partial charge on any atom is 0.146 e. The molecular formula is C34H46N4SSi2. The Labute approximate surface area is 253 Å². The molecule has 0 N–H and O–H groups in total. The van der Waals surface area contributed by atoms with Crippen molar-refractivity contribution in [3.8, 4) is 22.9 Å². The van der Waals surface area contributed by atoms with Crippen molar-refractivity contribution in [3.05, 3.63) is 35.4 Å². The van der Waals surface area contributed by atoms with E-state index in [1.807, 2.05) is 24.3 Å². The second-order valence-corrected chi connectivity index (χ2v) is 25.1. The van der Waals surface area contributed by atoms with Gasteiger partial charge in [-0.1, -0.05) is 107 Å². The Morgan fingerprint density at radius 3 is 1.12 bits per heavy atom. The summed E-state index contributed by atoms with van der Waals surface area (Å²) in [5, 5.41) is 0. The van der Waals surface area contributed by atoms with E-state index in [1.165, 1.54) is 11.7 Å². The Hall–Kier alpha value is -2.59. The smallest absolute Gasteiger partial charge is 0.146 e. The van der Waals surface area contributed by atoms with Crippen LogP contribution in [0.3, 0.4) is 0 Å². The molecule has 2 aromatic carbocycles. The van der Waals surface area contributed by atoms with Crippen molar-refractivity contribution >= 4 is 61.0 Å². The van der Waals surface area contributed by atoms with Crippen LogP contribution in [0.2, 0.25) is 33.2 Å². The predicted octanol–water partition coefficient (Wildman–Crippen LogP) is 9.93. The number of hydrogen-bond acceptors (Lipinski definition) is 5. The summed E-state index contributed by atoms with van der Waals surface area (Å²) in [5.41, 5.74) is 17.7. The number of fused-ring (bicyclic) bond motifs is 3. The molecule has 4 nitrogen and oxygen atoms in total. The standard InChI is InChI=1S/C34H46N4SSi2/c1-21(2)40(22(3)4,23(5)6)19-17-27-31-32(36-30-16-14-13-15-29(30)35-31)28(34-33(27)37-39-38-34)18-20-41(24(7)8,25(9)10)26(11)12/h13-16,21-26H,1-12H3. The number of hydrogen-bond donors (Lipinski definition) is 0. The predicted molar refractivity (Wildman–Crippen MR) is 184 cm³/mol. The quantitative estimate of drug-likeness (QED) is 0.126. The van der Waals surface area contributed by atoms with Crippen molar-refractivity contribution < 1.29 is 0 Å². The highest BCUT2D eigenvalue weighted by Crippen LogP contribution is 2.42. The molecule has 0 aliphatic heterocycles. The third kappa shape index (κ3) is 5.26. The van der Waals surface area contributed by atoms with Crippen LogP contribution in [0.15, 0.2) is 24.3 Å². The van der Waals surface area contributed by atoms with E-state index in [0.29, 0.717) is 33.2 Å². The van der Waals surface area contributed by atoms with E-state index in [4.69, 9.17) is 18.7 Å². The molecule has 0 amide bonds. The lowest BCUT2D eigenvalue weighted by molar-refractivity contribution is 0.838. The summed E-state index contributed by atoms with van der Waals surface area (Å²) >= 11 is 1.23. The van der Waals surface area contributed by atoms with Gasteiger partial charge >= 0.3 is 0 Å². The first-order valence-electron chi connectivity index (χ1n) is 15.2. The van der Waals surface area contributed by atoms with Crippen molar-refractivity contribution in [2.45, 2.75) is 116 Å². The average Bonchev–Trinajstić information content (AvgIpc) is 3.37. The third-order valence-corrected chi connectivity index (χ3v) is 22.7. The van der Waals surface area contributed by atoms with Crippen molar-refractivity contribution in [2.24, 2.45) is 0 Å². The van der Waals surface area contributed by atoms with Crippen LogP contribution in [0.1, 0.15) is 94.2 Å². The lowest BCUT2D eigenvalue weighted by Gasteiger charge is -2.38. The van der Waals surface area contributed by atoms with Gasteiger partial charge in [0, 0.05) is 0 Å². The Balaban J connectivity index is 2.15. The van der Waals surface area contributed by atoms with Gasteiger partial charge in [-0.25, -0.2) is 9.97 Å². The molecule has 0 unspecified atom stereocenters. The van der Waals surface area contributed by atoms with Crippen LogP contribution in [-0.2, 0) is 0 Å². The van der Waals surface area contributed by atoms with Crippen LogP contribution in [0.5, 0.6) is 0 Å². The Kier molecular flexibility index (Phi) is 9.14. The molecule has 0 saturated carbocycles. The topological polar surface area (TPSA) is 51.6 Å². The molecule has 2 heterocycles. The first-order chi connectivity index (χ1) is 19.3. The second kappa shape index (κ2) is 12.0. The zero-order valence-electron chi connectivity index (χ0n) is 27.0. The molecule has 41 heavy (non-hydrogen) atoms. The highest BCUT2D eigenvalue weighted by Gasteiger charge is 2.43. The first kappa shape index (κ1) is 31.4. The molecule has 0 aliphatic rings. The van der Waals surface area contributed by atoms with Gasteiger partial charge in [0.05, 0.1) is 33.9 Å². The van der Waals surface area contributed by atoms with Gasteiger partial charge in [0.1, 0.15) is 38.2 Å². The third-order valence-electron chi connectivity index (χ3n) is 9.55. The summed E-state index contributed by atoms with van der Waals surface area (Å²) in [6.07, 6.45) is 0. The van der Waals surface area contributed by atoms with E-state index in [0.717, 1.165) is 44.2 Å². The summed E-state index contributed by atoms with van der Waals surface area (Å²) in [6.45, 7) is 28.2. The number of nitrogens with zero attached hydrogens (tertiary/aromatic N) is 4. The average molecular weight is 599 g/mol. The van der Waals surface area contributed by atoms with Gasteiger partial charge in [-0.15, -0.1) is 11.1 Å². The lowest BCUT2D eigenvalue weighted by atomic mass is 10.0. The molecule has 7 heteroatoms. The van der Waals surface area contributed by atoms with Crippen LogP contribution >= 0.6 is 11.7 Å². The maximum absolute atomic E-state index is 5.18. The fraction of sp³-hybridized carbons (Fsp3) is 0.529. The van der Waals surface area contributed by atoms with Crippen LogP contribution in [0.25, 0.3) is 33.1 Å². The molecule has 0 bridgehead atoms. The minimum Gasteiger partial charge on any atom is -0.243 e. The summed E-state index contributed by atoms with van der Waals surface area (Å²) < 4.78 is 9.63. The molecule has 0 atom stereocenters. The molecule has 0 spiro atoms. The van der Waals surface area contributed by atoms with Gasteiger partial charge in [-0.3, -0.25) is 0 Å². The van der Waals surface area contributed by atoms with Gasteiger partial charge in [0.15, 0.2) is 0 Å². The maximum atomic E-state index is 5.18. The largest absolute Gasteiger partial charge is 0.243 e. The van der Waals surface area contributed by atoms with Gasteiger partial charge < -0.3 is 0 Å². The zero-order chi connectivity index (χ0) is 30.3. The van der Waals surface area contributed by atoms with Crippen LogP contribution in [0.4, 0.5) is 0 Å². The molecule has 0 radical (unpaired) electrons. The number of para-hydroxylation sites is 2. The van der Waals surface area contributed by atoms with Crippen molar-refractivity contribution in [1.29, 1.82) is 0 Å². The molecule has 0 aliphatic carbocycles. The minimum atomic E-state index is -1.99. The molecular weight excluding hydrogens is 553 g/mol. The van der Waals surface area contributed by atoms with Gasteiger partial charge in [0.2, 0.25) is 0 Å². The van der Waals surface area contributed by atoms with E-state index in [1.54, 1.807) is 0 Å². The molecule has 0 saturated heterocycles. The summed E-state index contributed by atoms with van der Waals surface area (Å²) in [6, 6.07) is 8.08. The number of benzene rings is 2. The van der Waals surface area contributed by atoms with Gasteiger partial charge in [-0.2, -0.15) is 8.75 Å². The highest BCUT2D eigenvalue weighted by atomic mass is 32.1. The van der Waals surface area contributed by atoms with Crippen molar-refractivity contribution in [2.75, 3.05) is 0 Å². The fourth-order valence-corrected chi connectivity index (χ4v) is 18.5. The SMILES string of the molecule is CC(C)[Si](C#Cc1c2nsnc2c(C#C[Si](C(C)C)(C(C)C)C(C)C)c2nc3ccccc3nc12)(C(C)C)C(C)C. The molecule has 4 rings (SSSR count). The monoisotopic (exact) mass is 598 g/mol. The van der Waals surface area contributed by atoms with E-state index >= 15 is 0 Å². The van der Waals surface area contributed by atoms with E-state index < -0.39 is 16.1 Å². The summed E-state index contributed by atoms with van der Waals surface area (Å²) in [4.78, 5) is 10.4. The zero-order valence-corrected chi connectivity index (χ0v) is 29.8. The van der Waals surface area contributed by atoms with E-state index in [2.05, 4.69) is 106 Å². The van der Waals surface area contributed by atoms with Crippen LogP contribution in [0, 0.1) is 22.9 Å².